The molecule has 0 radical (unpaired) electrons. The zero-order valence-electron chi connectivity index (χ0n) is 17.3. The zero-order chi connectivity index (χ0) is 22.2. The summed E-state index contributed by atoms with van der Waals surface area (Å²) in [7, 11) is -6.72. The number of hydrogen-bond acceptors (Lipinski definition) is 6. The van der Waals surface area contributed by atoms with Gasteiger partial charge in [0.15, 0.2) is 9.84 Å². The van der Waals surface area contributed by atoms with Crippen molar-refractivity contribution in [2.75, 3.05) is 50.8 Å². The molecule has 4 rings (SSSR count). The minimum Gasteiger partial charge on any atom is -0.340 e. The second-order valence-corrected chi connectivity index (χ2v) is 12.7. The minimum absolute atomic E-state index is 0.0297. The summed E-state index contributed by atoms with van der Waals surface area (Å²) < 4.78 is 63.8. The van der Waals surface area contributed by atoms with Crippen molar-refractivity contribution in [3.63, 3.8) is 0 Å². The number of rotatable bonds is 4. The van der Waals surface area contributed by atoms with E-state index in [0.717, 1.165) is 12.1 Å². The van der Waals surface area contributed by atoms with Crippen LogP contribution in [0.1, 0.15) is 19.3 Å². The van der Waals surface area contributed by atoms with Crippen molar-refractivity contribution in [3.05, 3.63) is 30.1 Å². The summed E-state index contributed by atoms with van der Waals surface area (Å²) in [6.07, 6.45) is 1.88. The van der Waals surface area contributed by atoms with Crippen LogP contribution >= 0.6 is 0 Å². The van der Waals surface area contributed by atoms with Gasteiger partial charge in [-0.05, 0) is 43.5 Å². The van der Waals surface area contributed by atoms with Crippen LogP contribution in [0.2, 0.25) is 0 Å². The monoisotopic (exact) mass is 473 g/mol. The first kappa shape index (κ1) is 22.6. The number of carbonyl (C=O) groups excluding carboxylic acids is 1. The number of piperazine rings is 1. The van der Waals surface area contributed by atoms with E-state index < -0.39 is 31.6 Å². The fraction of sp³-hybridized carbons (Fsp3) is 0.650. The van der Waals surface area contributed by atoms with Gasteiger partial charge in [0.2, 0.25) is 15.9 Å². The topological polar surface area (TPSA) is 95.1 Å². The molecule has 1 aromatic carbocycles. The molecule has 0 spiro atoms. The highest BCUT2D eigenvalue weighted by Gasteiger charge is 2.38. The smallest absolute Gasteiger partial charge is 0.243 e. The predicted octanol–water partition coefficient (Wildman–Crippen LogP) is 0.558. The molecule has 0 N–H and O–H groups in total. The average Bonchev–Trinajstić information content (AvgIpc) is 3.13. The Morgan fingerprint density at radius 2 is 1.68 bits per heavy atom. The summed E-state index contributed by atoms with van der Waals surface area (Å²) >= 11 is 0. The molecule has 0 aliphatic carbocycles. The molecule has 0 aromatic heterocycles. The van der Waals surface area contributed by atoms with E-state index in [4.69, 9.17) is 0 Å². The molecule has 3 fully saturated rings. The van der Waals surface area contributed by atoms with Gasteiger partial charge in [-0.1, -0.05) is 0 Å². The molecule has 11 heteroatoms. The SMILES string of the molecule is O=C([C@H]1CCCN(S(=O)(=O)c2ccc(F)cc2)C1)N1CCN([C@@H]2CCS(=O)(=O)C2)CC1. The van der Waals surface area contributed by atoms with Crippen LogP contribution in [0, 0.1) is 11.7 Å². The van der Waals surface area contributed by atoms with Crippen LogP contribution in [0.25, 0.3) is 0 Å². The van der Waals surface area contributed by atoms with Crippen LogP contribution in [-0.4, -0.2) is 93.7 Å². The molecule has 1 amide bonds. The lowest BCUT2D eigenvalue weighted by atomic mass is 9.97. The fourth-order valence-electron chi connectivity index (χ4n) is 4.75. The lowest BCUT2D eigenvalue weighted by Gasteiger charge is -2.40. The molecule has 3 heterocycles. The highest BCUT2D eigenvalue weighted by molar-refractivity contribution is 7.91. The van der Waals surface area contributed by atoms with Crippen molar-refractivity contribution in [3.8, 4) is 0 Å². The van der Waals surface area contributed by atoms with Crippen molar-refractivity contribution in [1.29, 1.82) is 0 Å². The number of carbonyl (C=O) groups is 1. The second kappa shape index (κ2) is 8.76. The van der Waals surface area contributed by atoms with Crippen molar-refractivity contribution < 1.29 is 26.0 Å². The van der Waals surface area contributed by atoms with Gasteiger partial charge in [-0.15, -0.1) is 0 Å². The zero-order valence-corrected chi connectivity index (χ0v) is 19.0. The largest absolute Gasteiger partial charge is 0.340 e. The first-order valence-corrected chi connectivity index (χ1v) is 13.9. The summed E-state index contributed by atoms with van der Waals surface area (Å²) in [6, 6.07) is 4.77. The Bertz CT molecular complexity index is 1020. The van der Waals surface area contributed by atoms with Gasteiger partial charge >= 0.3 is 0 Å². The van der Waals surface area contributed by atoms with E-state index in [1.165, 1.54) is 16.4 Å². The van der Waals surface area contributed by atoms with Gasteiger partial charge in [0.05, 0.1) is 22.3 Å². The lowest BCUT2D eigenvalue weighted by Crippen LogP contribution is -2.55. The maximum Gasteiger partial charge on any atom is 0.243 e. The maximum absolute atomic E-state index is 13.2. The van der Waals surface area contributed by atoms with Crippen LogP contribution < -0.4 is 0 Å². The second-order valence-electron chi connectivity index (χ2n) is 8.57. The van der Waals surface area contributed by atoms with Crippen molar-refractivity contribution >= 4 is 25.8 Å². The molecule has 0 bridgehead atoms. The van der Waals surface area contributed by atoms with Gasteiger partial charge in [0.1, 0.15) is 5.82 Å². The molecule has 3 aliphatic heterocycles. The Labute approximate surface area is 183 Å². The number of sulfonamides is 1. The van der Waals surface area contributed by atoms with Gasteiger partial charge in [-0.25, -0.2) is 21.2 Å². The molecule has 1 aromatic rings. The summed E-state index contributed by atoms with van der Waals surface area (Å²) in [4.78, 5) is 17.0. The van der Waals surface area contributed by atoms with E-state index in [9.17, 15) is 26.0 Å². The van der Waals surface area contributed by atoms with E-state index in [-0.39, 0.29) is 34.9 Å². The molecule has 3 saturated heterocycles. The third-order valence-electron chi connectivity index (χ3n) is 6.54. The quantitative estimate of drug-likeness (QED) is 0.634. The summed E-state index contributed by atoms with van der Waals surface area (Å²) in [6.45, 7) is 2.78. The molecule has 0 saturated carbocycles. The molecule has 2 atom stereocenters. The molecular formula is C20H28FN3O5S2. The van der Waals surface area contributed by atoms with E-state index in [1.807, 2.05) is 0 Å². The van der Waals surface area contributed by atoms with Crippen LogP contribution in [0.4, 0.5) is 4.39 Å². The molecule has 0 unspecified atom stereocenters. The average molecular weight is 474 g/mol. The summed E-state index contributed by atoms with van der Waals surface area (Å²) in [5.74, 6) is -0.517. The van der Waals surface area contributed by atoms with Crippen LogP contribution in [0.5, 0.6) is 0 Å². The lowest BCUT2D eigenvalue weighted by molar-refractivity contribution is -0.138. The Morgan fingerprint density at radius 3 is 2.29 bits per heavy atom. The molecule has 8 nitrogen and oxygen atoms in total. The maximum atomic E-state index is 13.2. The van der Waals surface area contributed by atoms with E-state index in [0.29, 0.717) is 52.0 Å². The van der Waals surface area contributed by atoms with Gasteiger partial charge in [0.25, 0.3) is 0 Å². The highest BCUT2D eigenvalue weighted by Crippen LogP contribution is 2.26. The van der Waals surface area contributed by atoms with Gasteiger partial charge in [-0.3, -0.25) is 9.69 Å². The molecule has 172 valence electrons. The number of nitrogens with zero attached hydrogens (tertiary/aromatic N) is 3. The van der Waals surface area contributed by atoms with E-state index in [1.54, 1.807) is 4.90 Å². The van der Waals surface area contributed by atoms with Crippen molar-refractivity contribution in [1.82, 2.24) is 14.1 Å². The summed E-state index contributed by atoms with van der Waals surface area (Å²) in [5.41, 5.74) is 0. The first-order valence-electron chi connectivity index (χ1n) is 10.6. The summed E-state index contributed by atoms with van der Waals surface area (Å²) in [5, 5.41) is 0. The first-order chi connectivity index (χ1) is 14.7. The molecule has 31 heavy (non-hydrogen) atoms. The third-order valence-corrected chi connectivity index (χ3v) is 10.2. The Morgan fingerprint density at radius 1 is 1.00 bits per heavy atom. The highest BCUT2D eigenvalue weighted by atomic mass is 32.2. The number of piperidine rings is 1. The number of sulfone groups is 1. The van der Waals surface area contributed by atoms with Crippen LogP contribution in [0.15, 0.2) is 29.2 Å². The third kappa shape index (κ3) is 4.94. The number of amides is 1. The number of hydrogen-bond donors (Lipinski definition) is 0. The van der Waals surface area contributed by atoms with E-state index in [2.05, 4.69) is 4.90 Å². The van der Waals surface area contributed by atoms with Crippen LogP contribution in [0.3, 0.4) is 0 Å². The molecular weight excluding hydrogens is 445 g/mol. The Kier molecular flexibility index (Phi) is 6.39. The van der Waals surface area contributed by atoms with Crippen LogP contribution in [-0.2, 0) is 24.7 Å². The Balaban J connectivity index is 1.35. The predicted molar refractivity (Wildman–Crippen MR) is 113 cm³/mol. The standard InChI is InChI=1S/C20H28FN3O5S2/c21-17-3-5-19(6-4-17)31(28,29)24-8-1-2-16(14-24)20(25)23-11-9-22(10-12-23)18-7-13-30(26,27)15-18/h3-6,16,18H,1-2,7-15H2/t16-,18+/m0/s1. The van der Waals surface area contributed by atoms with E-state index >= 15 is 0 Å². The Hall–Kier alpha value is -1.56. The fourth-order valence-corrected chi connectivity index (χ4v) is 8.03. The normalized spacial score (nSPS) is 28.0. The minimum atomic E-state index is -3.78. The number of benzene rings is 1. The van der Waals surface area contributed by atoms with Gasteiger partial charge < -0.3 is 4.90 Å². The molecule has 3 aliphatic rings. The number of halogens is 1. The van der Waals surface area contributed by atoms with Crippen molar-refractivity contribution in [2.45, 2.75) is 30.2 Å². The van der Waals surface area contributed by atoms with Crippen molar-refractivity contribution in [2.24, 2.45) is 5.92 Å². The van der Waals surface area contributed by atoms with Gasteiger partial charge in [-0.2, -0.15) is 4.31 Å². The van der Waals surface area contributed by atoms with Gasteiger partial charge in [0, 0.05) is 45.3 Å².